The lowest BCUT2D eigenvalue weighted by Crippen LogP contribution is -2.36. The number of morpholine rings is 1. The lowest BCUT2D eigenvalue weighted by atomic mass is 10.2. The summed E-state index contributed by atoms with van der Waals surface area (Å²) in [5, 5.41) is 2.95. The first-order valence-corrected chi connectivity index (χ1v) is 7.56. The van der Waals surface area contributed by atoms with Crippen molar-refractivity contribution in [2.75, 3.05) is 36.5 Å². The normalized spacial score (nSPS) is 14.8. The molecular formula is C17H20N2O3. The maximum atomic E-state index is 12.0. The second kappa shape index (κ2) is 7.13. The van der Waals surface area contributed by atoms with E-state index < -0.39 is 0 Å². The lowest BCUT2D eigenvalue weighted by Gasteiger charge is -2.29. The Labute approximate surface area is 129 Å². The van der Waals surface area contributed by atoms with Crippen LogP contribution in [0.1, 0.15) is 12.2 Å². The van der Waals surface area contributed by atoms with Gasteiger partial charge in [-0.05, 0) is 30.3 Å². The Kier molecular flexibility index (Phi) is 4.75. The molecule has 1 N–H and O–H groups in total. The Balaban J connectivity index is 1.56. The molecule has 5 heteroatoms. The van der Waals surface area contributed by atoms with Gasteiger partial charge in [-0.1, -0.05) is 6.07 Å². The van der Waals surface area contributed by atoms with Crippen LogP contribution in [0.15, 0.2) is 47.1 Å². The van der Waals surface area contributed by atoms with E-state index in [-0.39, 0.29) is 5.91 Å². The fraction of sp³-hybridized carbons (Fsp3) is 0.353. The summed E-state index contributed by atoms with van der Waals surface area (Å²) >= 11 is 0. The summed E-state index contributed by atoms with van der Waals surface area (Å²) in [5.41, 5.74) is 1.94. The molecule has 1 amide bonds. The predicted octanol–water partition coefficient (Wildman–Crippen LogP) is 2.69. The van der Waals surface area contributed by atoms with E-state index in [4.69, 9.17) is 9.15 Å². The monoisotopic (exact) mass is 300 g/mol. The highest BCUT2D eigenvalue weighted by Gasteiger charge is 2.12. The van der Waals surface area contributed by atoms with Crippen molar-refractivity contribution in [3.63, 3.8) is 0 Å². The van der Waals surface area contributed by atoms with Gasteiger partial charge in [0.05, 0.1) is 19.5 Å². The smallest absolute Gasteiger partial charge is 0.224 e. The van der Waals surface area contributed by atoms with Crippen LogP contribution < -0.4 is 10.2 Å². The fourth-order valence-electron chi connectivity index (χ4n) is 2.52. The molecule has 0 atom stereocenters. The van der Waals surface area contributed by atoms with Gasteiger partial charge >= 0.3 is 0 Å². The molecule has 1 saturated heterocycles. The van der Waals surface area contributed by atoms with Crippen LogP contribution in [0.2, 0.25) is 0 Å². The van der Waals surface area contributed by atoms with Crippen molar-refractivity contribution in [1.82, 2.24) is 0 Å². The SMILES string of the molecule is O=C(CCc1ccco1)Nc1cccc(N2CCOCC2)c1. The molecule has 0 aliphatic carbocycles. The summed E-state index contributed by atoms with van der Waals surface area (Å²) in [5.74, 6) is 0.827. The number of carbonyl (C=O) groups excluding carboxylic acids is 1. The van der Waals surface area contributed by atoms with E-state index in [0.717, 1.165) is 43.4 Å². The number of furan rings is 1. The van der Waals surface area contributed by atoms with Crippen LogP contribution in [0.25, 0.3) is 0 Å². The molecule has 1 aliphatic heterocycles. The van der Waals surface area contributed by atoms with Crippen LogP contribution in [-0.2, 0) is 16.0 Å². The number of nitrogens with one attached hydrogen (secondary N) is 1. The van der Waals surface area contributed by atoms with E-state index in [1.165, 1.54) is 0 Å². The topological polar surface area (TPSA) is 54.7 Å². The molecular weight excluding hydrogens is 280 g/mol. The summed E-state index contributed by atoms with van der Waals surface area (Å²) in [6.07, 6.45) is 2.65. The predicted molar refractivity (Wildman–Crippen MR) is 85.1 cm³/mol. The van der Waals surface area contributed by atoms with Crippen LogP contribution in [-0.4, -0.2) is 32.2 Å². The number of hydrogen-bond donors (Lipinski definition) is 1. The molecule has 1 fully saturated rings. The molecule has 22 heavy (non-hydrogen) atoms. The molecule has 0 unspecified atom stereocenters. The van der Waals surface area contributed by atoms with Crippen molar-refractivity contribution < 1.29 is 13.9 Å². The molecule has 0 radical (unpaired) electrons. The van der Waals surface area contributed by atoms with Crippen molar-refractivity contribution in [3.05, 3.63) is 48.4 Å². The average molecular weight is 300 g/mol. The number of nitrogens with zero attached hydrogens (tertiary/aromatic N) is 1. The highest BCUT2D eigenvalue weighted by Crippen LogP contribution is 2.20. The third kappa shape index (κ3) is 3.89. The van der Waals surface area contributed by atoms with Crippen molar-refractivity contribution >= 4 is 17.3 Å². The number of hydrogen-bond acceptors (Lipinski definition) is 4. The molecule has 0 bridgehead atoms. The van der Waals surface area contributed by atoms with Gasteiger partial charge in [-0.2, -0.15) is 0 Å². The molecule has 1 aromatic heterocycles. The van der Waals surface area contributed by atoms with Crippen LogP contribution >= 0.6 is 0 Å². The minimum Gasteiger partial charge on any atom is -0.469 e. The molecule has 3 rings (SSSR count). The summed E-state index contributed by atoms with van der Waals surface area (Å²) in [6.45, 7) is 3.27. The molecule has 0 spiro atoms. The van der Waals surface area contributed by atoms with Gasteiger partial charge in [0, 0.05) is 37.3 Å². The first kappa shape index (κ1) is 14.7. The molecule has 5 nitrogen and oxygen atoms in total. The van der Waals surface area contributed by atoms with E-state index in [1.807, 2.05) is 30.3 Å². The van der Waals surface area contributed by atoms with Crippen molar-refractivity contribution in [2.45, 2.75) is 12.8 Å². The quantitative estimate of drug-likeness (QED) is 0.922. The Bertz CT molecular complexity index is 604. The van der Waals surface area contributed by atoms with Crippen LogP contribution in [0.5, 0.6) is 0 Å². The first-order valence-electron chi connectivity index (χ1n) is 7.56. The summed E-state index contributed by atoms with van der Waals surface area (Å²) in [7, 11) is 0. The van der Waals surface area contributed by atoms with Gasteiger partial charge in [-0.15, -0.1) is 0 Å². The van der Waals surface area contributed by atoms with Gasteiger partial charge in [0.2, 0.25) is 5.91 Å². The largest absolute Gasteiger partial charge is 0.469 e. The van der Waals surface area contributed by atoms with E-state index in [9.17, 15) is 4.79 Å². The van der Waals surface area contributed by atoms with Crippen molar-refractivity contribution in [3.8, 4) is 0 Å². The molecule has 2 aromatic rings. The number of anilines is 2. The Morgan fingerprint density at radius 3 is 2.82 bits per heavy atom. The summed E-state index contributed by atoms with van der Waals surface area (Å²) < 4.78 is 10.6. The van der Waals surface area contributed by atoms with Gasteiger partial charge in [-0.25, -0.2) is 0 Å². The maximum Gasteiger partial charge on any atom is 0.224 e. The van der Waals surface area contributed by atoms with Crippen molar-refractivity contribution in [1.29, 1.82) is 0 Å². The van der Waals surface area contributed by atoms with E-state index in [1.54, 1.807) is 6.26 Å². The van der Waals surface area contributed by atoms with E-state index >= 15 is 0 Å². The lowest BCUT2D eigenvalue weighted by molar-refractivity contribution is -0.116. The molecule has 1 aliphatic rings. The maximum absolute atomic E-state index is 12.0. The number of ether oxygens (including phenoxy) is 1. The molecule has 2 heterocycles. The zero-order chi connectivity index (χ0) is 15.2. The van der Waals surface area contributed by atoms with E-state index in [0.29, 0.717) is 12.8 Å². The fourth-order valence-corrected chi connectivity index (χ4v) is 2.52. The minimum absolute atomic E-state index is 0.00414. The van der Waals surface area contributed by atoms with Crippen molar-refractivity contribution in [2.24, 2.45) is 0 Å². The van der Waals surface area contributed by atoms with Crippen LogP contribution in [0.4, 0.5) is 11.4 Å². The van der Waals surface area contributed by atoms with Gasteiger partial charge in [0.1, 0.15) is 5.76 Å². The summed E-state index contributed by atoms with van der Waals surface area (Å²) in [6, 6.07) is 11.7. The standard InChI is InChI=1S/C17H20N2O3/c20-17(7-6-16-5-2-10-22-16)18-14-3-1-4-15(13-14)19-8-11-21-12-9-19/h1-5,10,13H,6-9,11-12H2,(H,18,20). The average Bonchev–Trinajstić information content (AvgIpc) is 3.08. The van der Waals surface area contributed by atoms with Gasteiger partial charge in [0.15, 0.2) is 0 Å². The van der Waals surface area contributed by atoms with Gasteiger partial charge in [-0.3, -0.25) is 4.79 Å². The molecule has 0 saturated carbocycles. The number of amides is 1. The Morgan fingerprint density at radius 1 is 1.18 bits per heavy atom. The van der Waals surface area contributed by atoms with Crippen LogP contribution in [0, 0.1) is 0 Å². The second-order valence-corrected chi connectivity index (χ2v) is 5.28. The number of rotatable bonds is 5. The third-order valence-corrected chi connectivity index (χ3v) is 3.68. The molecule has 116 valence electrons. The zero-order valence-electron chi connectivity index (χ0n) is 12.5. The van der Waals surface area contributed by atoms with Gasteiger partial charge in [0.25, 0.3) is 0 Å². The molecule has 1 aromatic carbocycles. The highest BCUT2D eigenvalue weighted by atomic mass is 16.5. The third-order valence-electron chi connectivity index (χ3n) is 3.68. The van der Waals surface area contributed by atoms with Gasteiger partial charge < -0.3 is 19.4 Å². The zero-order valence-corrected chi connectivity index (χ0v) is 12.5. The second-order valence-electron chi connectivity index (χ2n) is 5.28. The highest BCUT2D eigenvalue weighted by molar-refractivity contribution is 5.91. The Hall–Kier alpha value is -2.27. The summed E-state index contributed by atoms with van der Waals surface area (Å²) in [4.78, 5) is 14.3. The van der Waals surface area contributed by atoms with Crippen LogP contribution in [0.3, 0.4) is 0 Å². The van der Waals surface area contributed by atoms with E-state index in [2.05, 4.69) is 16.3 Å². The minimum atomic E-state index is -0.00414. The Morgan fingerprint density at radius 2 is 2.05 bits per heavy atom. The number of aryl methyl sites for hydroxylation is 1. The number of carbonyl (C=O) groups is 1. The number of benzene rings is 1. The first-order chi connectivity index (χ1) is 10.8.